The molecule has 0 aliphatic heterocycles. The number of ether oxygens (including phenoxy) is 1. The van der Waals surface area contributed by atoms with E-state index in [2.05, 4.69) is 17.4 Å². The average Bonchev–Trinajstić information content (AvgIpc) is 2.98. The van der Waals surface area contributed by atoms with Crippen LogP contribution in [0.1, 0.15) is 33.5 Å². The van der Waals surface area contributed by atoms with Crippen molar-refractivity contribution in [3.63, 3.8) is 0 Å². The van der Waals surface area contributed by atoms with Crippen molar-refractivity contribution >= 4 is 23.2 Å². The van der Waals surface area contributed by atoms with Crippen molar-refractivity contribution in [2.45, 2.75) is 32.7 Å². The van der Waals surface area contributed by atoms with Gasteiger partial charge in [0.25, 0.3) is 5.91 Å². The van der Waals surface area contributed by atoms with Crippen molar-refractivity contribution < 1.29 is 14.3 Å². The third-order valence-electron chi connectivity index (χ3n) is 3.39. The average molecular weight is 331 g/mol. The van der Waals surface area contributed by atoms with E-state index in [1.807, 2.05) is 38.1 Å². The molecule has 5 heteroatoms. The molecule has 1 aromatic heterocycles. The second kappa shape index (κ2) is 8.48. The maximum absolute atomic E-state index is 11.8. The van der Waals surface area contributed by atoms with Gasteiger partial charge in [0.1, 0.15) is 4.88 Å². The van der Waals surface area contributed by atoms with Crippen molar-refractivity contribution in [3.8, 4) is 0 Å². The van der Waals surface area contributed by atoms with Gasteiger partial charge >= 0.3 is 5.97 Å². The minimum Gasteiger partial charge on any atom is -0.451 e. The molecule has 0 saturated carbocycles. The fourth-order valence-electron chi connectivity index (χ4n) is 2.16. The van der Waals surface area contributed by atoms with Gasteiger partial charge in [-0.05, 0) is 44.4 Å². The van der Waals surface area contributed by atoms with Crippen LogP contribution in [0.2, 0.25) is 0 Å². The van der Waals surface area contributed by atoms with Gasteiger partial charge in [0.15, 0.2) is 6.61 Å². The molecule has 0 aliphatic carbocycles. The smallest absolute Gasteiger partial charge is 0.348 e. The molecule has 23 heavy (non-hydrogen) atoms. The van der Waals surface area contributed by atoms with Gasteiger partial charge in [0.05, 0.1) is 0 Å². The fourth-order valence-corrected chi connectivity index (χ4v) is 2.92. The van der Waals surface area contributed by atoms with E-state index >= 15 is 0 Å². The van der Waals surface area contributed by atoms with E-state index in [4.69, 9.17) is 4.74 Å². The summed E-state index contributed by atoms with van der Waals surface area (Å²) in [7, 11) is 0. The van der Waals surface area contributed by atoms with Crippen LogP contribution in [0.3, 0.4) is 0 Å². The summed E-state index contributed by atoms with van der Waals surface area (Å²) in [4.78, 5) is 25.1. The maximum Gasteiger partial charge on any atom is 0.348 e. The number of thiophene rings is 1. The van der Waals surface area contributed by atoms with E-state index in [1.165, 1.54) is 16.9 Å². The number of rotatable bonds is 7. The molecule has 0 radical (unpaired) electrons. The Morgan fingerprint density at radius 3 is 2.57 bits per heavy atom. The zero-order chi connectivity index (χ0) is 16.7. The molecular formula is C18H21NO3S. The lowest BCUT2D eigenvalue weighted by molar-refractivity contribution is -0.124. The number of hydrogen-bond acceptors (Lipinski definition) is 4. The van der Waals surface area contributed by atoms with Crippen LogP contribution in [0, 0.1) is 6.92 Å². The highest BCUT2D eigenvalue weighted by Gasteiger charge is 2.13. The van der Waals surface area contributed by atoms with Crippen molar-refractivity contribution in [1.82, 2.24) is 5.32 Å². The Morgan fingerprint density at radius 2 is 1.91 bits per heavy atom. The van der Waals surface area contributed by atoms with E-state index in [0.29, 0.717) is 4.88 Å². The largest absolute Gasteiger partial charge is 0.451 e. The van der Waals surface area contributed by atoms with Crippen LogP contribution in [0.5, 0.6) is 0 Å². The van der Waals surface area contributed by atoms with Gasteiger partial charge in [0.2, 0.25) is 0 Å². The molecule has 0 spiro atoms. The molecule has 1 heterocycles. The van der Waals surface area contributed by atoms with Gasteiger partial charge in [-0.15, -0.1) is 11.3 Å². The van der Waals surface area contributed by atoms with Crippen molar-refractivity contribution in [2.24, 2.45) is 0 Å². The van der Waals surface area contributed by atoms with Crippen molar-refractivity contribution in [3.05, 3.63) is 57.8 Å². The van der Waals surface area contributed by atoms with Crippen LogP contribution in [-0.4, -0.2) is 24.5 Å². The predicted octanol–water partition coefficient (Wildman–Crippen LogP) is 3.35. The normalized spacial score (nSPS) is 11.7. The Kier molecular flexibility index (Phi) is 6.35. The molecule has 4 nitrogen and oxygen atoms in total. The van der Waals surface area contributed by atoms with E-state index < -0.39 is 5.97 Å². The number of carbonyl (C=O) groups is 2. The number of esters is 1. The topological polar surface area (TPSA) is 55.4 Å². The van der Waals surface area contributed by atoms with Crippen LogP contribution in [0.4, 0.5) is 0 Å². The Balaban J connectivity index is 1.68. The zero-order valence-corrected chi connectivity index (χ0v) is 14.2. The summed E-state index contributed by atoms with van der Waals surface area (Å²) in [6, 6.07) is 13.7. The first-order valence-corrected chi connectivity index (χ1v) is 8.43. The first-order valence-electron chi connectivity index (χ1n) is 7.61. The Bertz CT molecular complexity index is 651. The van der Waals surface area contributed by atoms with Crippen LogP contribution >= 0.6 is 11.3 Å². The second-order valence-corrected chi connectivity index (χ2v) is 6.77. The zero-order valence-electron chi connectivity index (χ0n) is 13.4. The third-order valence-corrected chi connectivity index (χ3v) is 4.37. The summed E-state index contributed by atoms with van der Waals surface area (Å²) in [5, 5.41) is 2.85. The Morgan fingerprint density at radius 1 is 1.17 bits per heavy atom. The highest BCUT2D eigenvalue weighted by atomic mass is 32.1. The molecular weight excluding hydrogens is 310 g/mol. The molecule has 122 valence electrons. The van der Waals surface area contributed by atoms with Crippen LogP contribution in [-0.2, 0) is 16.0 Å². The molecule has 0 fully saturated rings. The maximum atomic E-state index is 11.8. The summed E-state index contributed by atoms with van der Waals surface area (Å²) in [6.07, 6.45) is 1.74. The number of benzene rings is 1. The van der Waals surface area contributed by atoms with Gasteiger partial charge < -0.3 is 10.1 Å². The Labute approximate surface area is 140 Å². The summed E-state index contributed by atoms with van der Waals surface area (Å²) in [5.74, 6) is -0.720. The van der Waals surface area contributed by atoms with Crippen molar-refractivity contribution in [1.29, 1.82) is 0 Å². The van der Waals surface area contributed by atoms with E-state index in [9.17, 15) is 9.59 Å². The molecule has 1 atom stereocenters. The minimum absolute atomic E-state index is 0.0328. The van der Waals surface area contributed by atoms with E-state index in [1.54, 1.807) is 6.07 Å². The summed E-state index contributed by atoms with van der Waals surface area (Å²) < 4.78 is 5.03. The van der Waals surface area contributed by atoms with E-state index in [-0.39, 0.29) is 18.6 Å². The molecule has 0 unspecified atom stereocenters. The summed E-state index contributed by atoms with van der Waals surface area (Å²) >= 11 is 1.36. The lowest BCUT2D eigenvalue weighted by Crippen LogP contribution is -2.36. The van der Waals surface area contributed by atoms with Crippen LogP contribution < -0.4 is 5.32 Å². The number of aryl methyl sites for hydroxylation is 2. The third kappa shape index (κ3) is 5.87. The highest BCUT2D eigenvalue weighted by Crippen LogP contribution is 2.15. The Hall–Kier alpha value is -2.14. The lowest BCUT2D eigenvalue weighted by atomic mass is 10.1. The van der Waals surface area contributed by atoms with Crippen LogP contribution in [0.15, 0.2) is 42.5 Å². The van der Waals surface area contributed by atoms with Gasteiger partial charge in [-0.3, -0.25) is 4.79 Å². The SMILES string of the molecule is Cc1ccc(C(=O)OCC(=O)N[C@H](C)CCc2ccccc2)s1. The minimum atomic E-state index is -0.449. The monoisotopic (exact) mass is 331 g/mol. The van der Waals surface area contributed by atoms with Crippen LogP contribution in [0.25, 0.3) is 0 Å². The molecule has 1 N–H and O–H groups in total. The standard InChI is InChI=1S/C18H21NO3S/c1-13(8-10-15-6-4-3-5-7-15)19-17(20)12-22-18(21)16-11-9-14(2)23-16/h3-7,9,11,13H,8,10,12H2,1-2H3,(H,19,20)/t13-/m1/s1. The first kappa shape index (κ1) is 17.2. The van der Waals surface area contributed by atoms with Gasteiger partial charge in [-0.1, -0.05) is 30.3 Å². The van der Waals surface area contributed by atoms with Gasteiger partial charge in [-0.25, -0.2) is 4.79 Å². The van der Waals surface area contributed by atoms with E-state index in [0.717, 1.165) is 17.7 Å². The molecule has 0 saturated heterocycles. The molecule has 2 aromatic rings. The molecule has 0 bridgehead atoms. The number of nitrogens with one attached hydrogen (secondary N) is 1. The number of hydrogen-bond donors (Lipinski definition) is 1. The number of amides is 1. The fraction of sp³-hybridized carbons (Fsp3) is 0.333. The van der Waals surface area contributed by atoms with Crippen molar-refractivity contribution in [2.75, 3.05) is 6.61 Å². The second-order valence-electron chi connectivity index (χ2n) is 5.48. The molecule has 2 rings (SSSR count). The molecule has 1 amide bonds. The lowest BCUT2D eigenvalue weighted by Gasteiger charge is -2.13. The highest BCUT2D eigenvalue weighted by molar-refractivity contribution is 7.13. The summed E-state index contributed by atoms with van der Waals surface area (Å²) in [6.45, 7) is 3.62. The molecule has 0 aliphatic rings. The number of carbonyl (C=O) groups excluding carboxylic acids is 2. The predicted molar refractivity (Wildman–Crippen MR) is 91.7 cm³/mol. The van der Waals surface area contributed by atoms with Gasteiger partial charge in [-0.2, -0.15) is 0 Å². The quantitative estimate of drug-likeness (QED) is 0.792. The first-order chi connectivity index (χ1) is 11.0. The van der Waals surface area contributed by atoms with Gasteiger partial charge in [0, 0.05) is 10.9 Å². The summed E-state index contributed by atoms with van der Waals surface area (Å²) in [5.41, 5.74) is 1.24. The molecule has 1 aromatic carbocycles.